The first-order valence-electron chi connectivity index (χ1n) is 12.9. The van der Waals surface area contributed by atoms with E-state index in [2.05, 4.69) is 10.6 Å². The summed E-state index contributed by atoms with van der Waals surface area (Å²) in [5.74, 6) is -0.512. The van der Waals surface area contributed by atoms with Crippen molar-refractivity contribution >= 4 is 28.5 Å². The first kappa shape index (κ1) is 25.4. The van der Waals surface area contributed by atoms with Gasteiger partial charge in [-0.2, -0.15) is 0 Å². The summed E-state index contributed by atoms with van der Waals surface area (Å²) in [6, 6.07) is 3.55. The van der Waals surface area contributed by atoms with Crippen LogP contribution in [-0.2, 0) is 16.1 Å². The highest BCUT2D eigenvalue weighted by Gasteiger charge is 2.38. The molecular formula is C27H37FN4O3. The number of ketones is 1. The zero-order valence-corrected chi connectivity index (χ0v) is 21.0. The number of carbonyl (C=O) groups is 3. The summed E-state index contributed by atoms with van der Waals surface area (Å²) in [6.07, 6.45) is 8.73. The van der Waals surface area contributed by atoms with E-state index in [0.29, 0.717) is 24.0 Å². The Bertz CT molecular complexity index is 1090. The number of halogens is 1. The molecule has 2 fully saturated rings. The molecule has 2 heterocycles. The Hall–Kier alpha value is -2.74. The number of benzene rings is 1. The lowest BCUT2D eigenvalue weighted by Gasteiger charge is -2.35. The Morgan fingerprint density at radius 3 is 2.54 bits per heavy atom. The number of Topliss-reactive ketones (excluding diaryl/α,β-unsaturated/α-hetero) is 1. The van der Waals surface area contributed by atoms with Crippen LogP contribution in [0.15, 0.2) is 24.4 Å². The quantitative estimate of drug-likeness (QED) is 0.561. The number of carbonyl (C=O) groups excluding carboxylic acids is 3. The van der Waals surface area contributed by atoms with Gasteiger partial charge in [-0.25, -0.2) is 4.39 Å². The van der Waals surface area contributed by atoms with Gasteiger partial charge in [-0.05, 0) is 70.7 Å². The minimum Gasteiger partial charge on any atom is -0.345 e. The van der Waals surface area contributed by atoms with Crippen LogP contribution in [0, 0.1) is 11.7 Å². The average molecular weight is 485 g/mol. The number of nitrogens with zero attached hydrogens (tertiary/aromatic N) is 2. The van der Waals surface area contributed by atoms with Crippen LogP contribution in [0.1, 0.15) is 69.2 Å². The van der Waals surface area contributed by atoms with Crippen molar-refractivity contribution in [3.05, 3.63) is 35.8 Å². The number of likely N-dealkylation sites (tertiary alicyclic amines) is 1. The van der Waals surface area contributed by atoms with E-state index in [1.54, 1.807) is 26.2 Å². The van der Waals surface area contributed by atoms with Crippen LogP contribution in [0.5, 0.6) is 0 Å². The SMILES string of the molecule is CNC(C)C(=O)NC(C(=O)N1CCCC1Cn1cc(C(C)=O)c2cc(F)ccc21)C1CCCCC1. The number of likely N-dealkylation sites (N-methyl/N-ethyl adjacent to an activating group) is 1. The molecule has 3 unspecified atom stereocenters. The van der Waals surface area contributed by atoms with Crippen LogP contribution in [0.25, 0.3) is 10.9 Å². The summed E-state index contributed by atoms with van der Waals surface area (Å²) in [7, 11) is 1.74. The largest absolute Gasteiger partial charge is 0.345 e. The first-order valence-corrected chi connectivity index (χ1v) is 12.9. The van der Waals surface area contributed by atoms with Crippen molar-refractivity contribution in [1.82, 2.24) is 20.1 Å². The molecule has 7 nitrogen and oxygen atoms in total. The molecule has 35 heavy (non-hydrogen) atoms. The van der Waals surface area contributed by atoms with Gasteiger partial charge < -0.3 is 20.1 Å². The van der Waals surface area contributed by atoms with Crippen molar-refractivity contribution in [3.63, 3.8) is 0 Å². The number of fused-ring (bicyclic) bond motifs is 1. The predicted molar refractivity (Wildman–Crippen MR) is 134 cm³/mol. The molecule has 0 bridgehead atoms. The van der Waals surface area contributed by atoms with Crippen LogP contribution in [0.3, 0.4) is 0 Å². The smallest absolute Gasteiger partial charge is 0.245 e. The van der Waals surface area contributed by atoms with Crippen molar-refractivity contribution < 1.29 is 18.8 Å². The maximum atomic E-state index is 13.9. The highest BCUT2D eigenvalue weighted by molar-refractivity contribution is 6.07. The van der Waals surface area contributed by atoms with Crippen molar-refractivity contribution in [2.75, 3.05) is 13.6 Å². The van der Waals surface area contributed by atoms with E-state index in [9.17, 15) is 18.8 Å². The van der Waals surface area contributed by atoms with E-state index >= 15 is 0 Å². The molecule has 8 heteroatoms. The van der Waals surface area contributed by atoms with Gasteiger partial charge in [0.05, 0.1) is 6.04 Å². The van der Waals surface area contributed by atoms with Gasteiger partial charge in [0.15, 0.2) is 5.78 Å². The third kappa shape index (κ3) is 5.42. The fourth-order valence-electron chi connectivity index (χ4n) is 5.68. The first-order chi connectivity index (χ1) is 16.8. The maximum Gasteiger partial charge on any atom is 0.245 e. The van der Waals surface area contributed by atoms with Crippen LogP contribution < -0.4 is 10.6 Å². The van der Waals surface area contributed by atoms with Gasteiger partial charge >= 0.3 is 0 Å². The van der Waals surface area contributed by atoms with E-state index < -0.39 is 6.04 Å². The standard InChI is InChI=1S/C27H37FN4O3/c1-17(29-3)26(34)30-25(19-8-5-4-6-9-19)27(35)32-13-7-10-21(32)15-31-16-23(18(2)33)22-14-20(28)11-12-24(22)31/h11-12,14,16-17,19,21,25,29H,4-10,13,15H2,1-3H3,(H,30,34). The predicted octanol–water partition coefficient (Wildman–Crippen LogP) is 3.65. The van der Waals surface area contributed by atoms with E-state index in [0.717, 1.165) is 44.0 Å². The number of amides is 2. The van der Waals surface area contributed by atoms with Gasteiger partial charge in [0, 0.05) is 41.8 Å². The van der Waals surface area contributed by atoms with Crippen LogP contribution >= 0.6 is 0 Å². The molecular weight excluding hydrogens is 447 g/mol. The summed E-state index contributed by atoms with van der Waals surface area (Å²) >= 11 is 0. The maximum absolute atomic E-state index is 13.9. The lowest BCUT2D eigenvalue weighted by Crippen LogP contribution is -2.56. The molecule has 1 saturated heterocycles. The minimum absolute atomic E-state index is 0.00893. The van der Waals surface area contributed by atoms with Crippen LogP contribution in [0.2, 0.25) is 0 Å². The highest BCUT2D eigenvalue weighted by atomic mass is 19.1. The normalized spacial score (nSPS) is 20.7. The van der Waals surface area contributed by atoms with Gasteiger partial charge in [-0.15, -0.1) is 0 Å². The molecule has 2 N–H and O–H groups in total. The van der Waals surface area contributed by atoms with E-state index in [-0.39, 0.29) is 41.4 Å². The fraction of sp³-hybridized carbons (Fsp3) is 0.593. The number of hydrogen-bond donors (Lipinski definition) is 2. The average Bonchev–Trinajstić information content (AvgIpc) is 3.46. The molecule has 3 atom stereocenters. The second-order valence-corrected chi connectivity index (χ2v) is 10.1. The van der Waals surface area contributed by atoms with Crippen molar-refractivity contribution in [1.29, 1.82) is 0 Å². The molecule has 1 aromatic heterocycles. The highest BCUT2D eigenvalue weighted by Crippen LogP contribution is 2.31. The van der Waals surface area contributed by atoms with Crippen LogP contribution in [-0.4, -0.2) is 58.8 Å². The molecule has 1 aliphatic heterocycles. The Morgan fingerprint density at radius 2 is 1.86 bits per heavy atom. The van der Waals surface area contributed by atoms with Gasteiger partial charge in [0.1, 0.15) is 11.9 Å². The lowest BCUT2D eigenvalue weighted by atomic mass is 9.83. The summed E-state index contributed by atoms with van der Waals surface area (Å²) in [5, 5.41) is 6.63. The molecule has 2 aromatic rings. The number of nitrogens with one attached hydrogen (secondary N) is 2. The van der Waals surface area contributed by atoms with Gasteiger partial charge in [0.2, 0.25) is 11.8 Å². The number of aromatic nitrogens is 1. The molecule has 4 rings (SSSR count). The lowest BCUT2D eigenvalue weighted by molar-refractivity contribution is -0.139. The molecule has 1 aliphatic carbocycles. The molecule has 0 radical (unpaired) electrons. The van der Waals surface area contributed by atoms with Crippen molar-refractivity contribution in [2.24, 2.45) is 5.92 Å². The molecule has 1 aromatic carbocycles. The van der Waals surface area contributed by atoms with Gasteiger partial charge in [-0.1, -0.05) is 19.3 Å². The van der Waals surface area contributed by atoms with E-state index in [1.165, 1.54) is 25.5 Å². The second kappa shape index (κ2) is 10.9. The fourth-order valence-corrected chi connectivity index (χ4v) is 5.68. The third-order valence-electron chi connectivity index (χ3n) is 7.80. The Labute approximate surface area is 206 Å². The second-order valence-electron chi connectivity index (χ2n) is 10.1. The third-order valence-corrected chi connectivity index (χ3v) is 7.80. The molecule has 2 aliphatic rings. The monoisotopic (exact) mass is 484 g/mol. The molecule has 1 saturated carbocycles. The summed E-state index contributed by atoms with van der Waals surface area (Å²) in [4.78, 5) is 40.8. The molecule has 190 valence electrons. The van der Waals surface area contributed by atoms with Gasteiger partial charge in [0.25, 0.3) is 0 Å². The Balaban J connectivity index is 1.58. The summed E-state index contributed by atoms with van der Waals surface area (Å²) in [6.45, 7) is 4.46. The molecule has 0 spiro atoms. The number of hydrogen-bond acceptors (Lipinski definition) is 4. The summed E-state index contributed by atoms with van der Waals surface area (Å²) < 4.78 is 15.9. The Kier molecular flexibility index (Phi) is 7.89. The zero-order valence-electron chi connectivity index (χ0n) is 21.0. The Morgan fingerprint density at radius 1 is 1.11 bits per heavy atom. The van der Waals surface area contributed by atoms with E-state index in [4.69, 9.17) is 0 Å². The van der Waals surface area contributed by atoms with Crippen molar-refractivity contribution in [3.8, 4) is 0 Å². The van der Waals surface area contributed by atoms with Crippen molar-refractivity contribution in [2.45, 2.75) is 83.5 Å². The topological polar surface area (TPSA) is 83.4 Å². The summed E-state index contributed by atoms with van der Waals surface area (Å²) in [5.41, 5.74) is 1.28. The van der Waals surface area contributed by atoms with Crippen LogP contribution in [0.4, 0.5) is 4.39 Å². The number of rotatable bonds is 8. The molecule has 2 amide bonds. The van der Waals surface area contributed by atoms with E-state index in [1.807, 2.05) is 9.47 Å². The zero-order chi connectivity index (χ0) is 25.1. The minimum atomic E-state index is -0.525. The van der Waals surface area contributed by atoms with Gasteiger partial charge in [-0.3, -0.25) is 14.4 Å².